The molecule has 0 fully saturated rings. The highest BCUT2D eigenvalue weighted by atomic mass is 79.9. The third-order valence-electron chi connectivity index (χ3n) is 3.72. The van der Waals surface area contributed by atoms with Crippen molar-refractivity contribution in [2.75, 3.05) is 0 Å². The van der Waals surface area contributed by atoms with Gasteiger partial charge in [-0.1, -0.05) is 46.4 Å². The first-order valence-electron chi connectivity index (χ1n) is 7.71. The van der Waals surface area contributed by atoms with Crippen LogP contribution in [0.25, 0.3) is 0 Å². The number of carbonyl (C=O) groups excluding carboxylic acids is 2. The summed E-state index contributed by atoms with van der Waals surface area (Å²) in [6.45, 7) is 0.00148. The van der Waals surface area contributed by atoms with Crippen LogP contribution >= 0.6 is 46.4 Å². The zero-order valence-electron chi connectivity index (χ0n) is 14.1. The number of nitrogens with zero attached hydrogens (tertiary/aromatic N) is 3. The molecule has 0 spiro atoms. The predicted octanol–water partition coefficient (Wildman–Crippen LogP) is 1.55. The number of benzene rings is 2. The topological polar surface area (TPSA) is 55.8 Å². The van der Waals surface area contributed by atoms with E-state index in [1.165, 1.54) is 23.1 Å². The summed E-state index contributed by atoms with van der Waals surface area (Å²) in [5.41, 5.74) is 0.720. The Kier molecular flexibility index (Phi) is 8.04. The van der Waals surface area contributed by atoms with Gasteiger partial charge in [0.05, 0.1) is 10.0 Å². The summed E-state index contributed by atoms with van der Waals surface area (Å²) in [5.74, 6) is -0.424. The number of Topliss-reactive ketones (excluding diaryl/α,β-unsaturated/α-hetero) is 2. The Morgan fingerprint density at radius 3 is 1.96 bits per heavy atom. The van der Waals surface area contributed by atoms with Crippen molar-refractivity contribution < 1.29 is 31.1 Å². The lowest BCUT2D eigenvalue weighted by molar-refractivity contribution is -0.683. The summed E-state index contributed by atoms with van der Waals surface area (Å²) in [4.78, 5) is 24.8. The Morgan fingerprint density at radius 2 is 1.43 bits per heavy atom. The monoisotopic (exact) mass is 521 g/mol. The third-order valence-corrected chi connectivity index (χ3v) is 4.82. The average molecular weight is 524 g/mol. The fourth-order valence-corrected chi connectivity index (χ4v) is 3.47. The van der Waals surface area contributed by atoms with Crippen LogP contribution in [0, 0.1) is 0 Å². The molecule has 0 amide bonds. The number of aromatic nitrogens is 3. The molecule has 28 heavy (non-hydrogen) atoms. The van der Waals surface area contributed by atoms with E-state index in [0.29, 0.717) is 21.2 Å². The summed E-state index contributed by atoms with van der Waals surface area (Å²) in [6, 6.07) is 9.36. The standard InChI is InChI=1S/C18H12Cl4N3O2.BrH/c19-11-1-3-13(15(21)5-11)17(26)7-24-9-23-25(10-24)8-18(27)14-4-2-12(20)6-16(14)22;/h1-6,9-10H,7-8H2;1H/q+1;/p-1. The first kappa shape index (κ1) is 22.8. The number of hydrogen-bond donors (Lipinski definition) is 0. The molecule has 146 valence electrons. The van der Waals surface area contributed by atoms with Gasteiger partial charge in [-0.05, 0) is 36.4 Å². The summed E-state index contributed by atoms with van der Waals surface area (Å²) < 4.78 is 2.98. The van der Waals surface area contributed by atoms with Gasteiger partial charge in [-0.3, -0.25) is 9.59 Å². The molecule has 0 atom stereocenters. The van der Waals surface area contributed by atoms with E-state index in [9.17, 15) is 9.59 Å². The quantitative estimate of drug-likeness (QED) is 0.364. The van der Waals surface area contributed by atoms with Gasteiger partial charge in [-0.25, -0.2) is 4.57 Å². The van der Waals surface area contributed by atoms with Crippen LogP contribution in [0.5, 0.6) is 0 Å². The maximum atomic E-state index is 12.4. The summed E-state index contributed by atoms with van der Waals surface area (Å²) in [6.07, 6.45) is 3.02. The van der Waals surface area contributed by atoms with Gasteiger partial charge in [0.25, 0.3) is 6.33 Å². The Hall–Kier alpha value is -1.44. The fraction of sp³-hybridized carbons (Fsp3) is 0.111. The molecule has 0 saturated carbocycles. The van der Waals surface area contributed by atoms with Crippen molar-refractivity contribution in [3.63, 3.8) is 0 Å². The molecule has 1 heterocycles. The molecule has 3 rings (SSSR count). The smallest absolute Gasteiger partial charge is 0.265 e. The molecule has 0 aliphatic carbocycles. The highest BCUT2D eigenvalue weighted by Crippen LogP contribution is 2.22. The van der Waals surface area contributed by atoms with Gasteiger partial charge in [0.1, 0.15) is 6.54 Å². The van der Waals surface area contributed by atoms with Gasteiger partial charge in [0, 0.05) is 26.3 Å². The molecule has 0 aliphatic rings. The zero-order valence-corrected chi connectivity index (χ0v) is 18.7. The van der Waals surface area contributed by atoms with Crippen LogP contribution in [0.4, 0.5) is 0 Å². The first-order valence-corrected chi connectivity index (χ1v) is 9.22. The molecule has 0 N–H and O–H groups in total. The molecule has 0 bridgehead atoms. The van der Waals surface area contributed by atoms with Gasteiger partial charge < -0.3 is 17.0 Å². The minimum Gasteiger partial charge on any atom is -1.00 e. The molecule has 2 aromatic carbocycles. The van der Waals surface area contributed by atoms with E-state index in [4.69, 9.17) is 46.4 Å². The van der Waals surface area contributed by atoms with Crippen molar-refractivity contribution >= 4 is 58.0 Å². The minimum atomic E-state index is -0.223. The van der Waals surface area contributed by atoms with Crippen LogP contribution in [0.2, 0.25) is 20.1 Å². The van der Waals surface area contributed by atoms with Crippen LogP contribution in [-0.2, 0) is 13.1 Å². The molecular weight excluding hydrogens is 512 g/mol. The van der Waals surface area contributed by atoms with Gasteiger partial charge >= 0.3 is 0 Å². The van der Waals surface area contributed by atoms with Crippen LogP contribution in [0.1, 0.15) is 20.7 Å². The molecule has 0 saturated heterocycles. The van der Waals surface area contributed by atoms with E-state index in [1.807, 2.05) is 0 Å². The second-order valence-corrected chi connectivity index (χ2v) is 7.40. The van der Waals surface area contributed by atoms with Crippen molar-refractivity contribution in [3.05, 3.63) is 80.3 Å². The van der Waals surface area contributed by atoms with Gasteiger partial charge in [-0.2, -0.15) is 0 Å². The molecule has 5 nitrogen and oxygen atoms in total. The number of ketones is 2. The third kappa shape index (κ3) is 5.55. The van der Waals surface area contributed by atoms with Crippen molar-refractivity contribution in [1.29, 1.82) is 0 Å². The normalized spacial score (nSPS) is 10.4. The summed E-state index contributed by atoms with van der Waals surface area (Å²) >= 11 is 23.8. The molecule has 0 radical (unpaired) electrons. The van der Waals surface area contributed by atoms with Crippen molar-refractivity contribution in [1.82, 2.24) is 9.78 Å². The number of rotatable bonds is 6. The van der Waals surface area contributed by atoms with E-state index < -0.39 is 0 Å². The SMILES string of the molecule is O=C(Cn1c[n+](CC(=O)c2ccc(Cl)cc2Cl)cn1)c1ccc(Cl)cc1Cl.[Br-]. The lowest BCUT2D eigenvalue weighted by Gasteiger charge is -2.02. The molecule has 10 heteroatoms. The highest BCUT2D eigenvalue weighted by Gasteiger charge is 2.18. The van der Waals surface area contributed by atoms with E-state index >= 15 is 0 Å². The molecule has 0 unspecified atom stereocenters. The second kappa shape index (κ2) is 9.85. The highest BCUT2D eigenvalue weighted by molar-refractivity contribution is 6.37. The van der Waals surface area contributed by atoms with Crippen LogP contribution in [0.15, 0.2) is 49.1 Å². The van der Waals surface area contributed by atoms with Crippen LogP contribution in [0.3, 0.4) is 0 Å². The van der Waals surface area contributed by atoms with Crippen molar-refractivity contribution in [2.24, 2.45) is 0 Å². The maximum Gasteiger partial charge on any atom is 0.265 e. The van der Waals surface area contributed by atoms with E-state index in [0.717, 1.165) is 0 Å². The van der Waals surface area contributed by atoms with E-state index in [-0.39, 0.29) is 51.7 Å². The molecule has 1 aromatic heterocycles. The number of halogens is 5. The van der Waals surface area contributed by atoms with E-state index in [2.05, 4.69) is 5.10 Å². The zero-order chi connectivity index (χ0) is 19.6. The fourth-order valence-electron chi connectivity index (χ4n) is 2.44. The Bertz CT molecular complexity index is 959. The lowest BCUT2D eigenvalue weighted by atomic mass is 10.1. The molecular formula is C18H12BrCl4N3O2. The van der Waals surface area contributed by atoms with Crippen molar-refractivity contribution in [2.45, 2.75) is 13.1 Å². The molecule has 0 aliphatic heterocycles. The van der Waals surface area contributed by atoms with Gasteiger partial charge in [0.2, 0.25) is 12.1 Å². The lowest BCUT2D eigenvalue weighted by Crippen LogP contribution is -3.00. The van der Waals surface area contributed by atoms with Crippen LogP contribution in [-0.4, -0.2) is 21.3 Å². The maximum absolute atomic E-state index is 12.4. The Balaban J connectivity index is 0.00000280. The summed E-state index contributed by atoms with van der Waals surface area (Å²) in [7, 11) is 0. The number of hydrogen-bond acceptors (Lipinski definition) is 3. The minimum absolute atomic E-state index is 0. The van der Waals surface area contributed by atoms with Gasteiger partial charge in [-0.15, -0.1) is 4.68 Å². The van der Waals surface area contributed by atoms with Gasteiger partial charge in [0.15, 0.2) is 12.3 Å². The second-order valence-electron chi connectivity index (χ2n) is 5.71. The largest absolute Gasteiger partial charge is 1.00 e. The van der Waals surface area contributed by atoms with Crippen molar-refractivity contribution in [3.8, 4) is 0 Å². The predicted molar refractivity (Wildman–Crippen MR) is 104 cm³/mol. The Morgan fingerprint density at radius 1 is 0.893 bits per heavy atom. The average Bonchev–Trinajstić information content (AvgIpc) is 3.01. The van der Waals surface area contributed by atoms with E-state index in [1.54, 1.807) is 35.2 Å². The Labute approximate surface area is 191 Å². The summed E-state index contributed by atoms with van der Waals surface area (Å²) in [5, 5.41) is 5.57. The number of carbonyl (C=O) groups is 2. The van der Waals surface area contributed by atoms with Crippen LogP contribution < -0.4 is 21.5 Å². The molecule has 3 aromatic rings. The first-order chi connectivity index (χ1) is 12.8.